The largest absolute Gasteiger partial charge is 0.486 e. The third-order valence-corrected chi connectivity index (χ3v) is 2.82. The molecule has 0 aromatic heterocycles. The summed E-state index contributed by atoms with van der Waals surface area (Å²) in [5.74, 6) is 0.354. The molecule has 1 aromatic rings. The average Bonchev–Trinajstić information content (AvgIpc) is 2.59. The van der Waals surface area contributed by atoms with Crippen LogP contribution in [0, 0.1) is 0 Å². The molecule has 5 heteroatoms. The van der Waals surface area contributed by atoms with E-state index in [1.807, 2.05) is 6.07 Å². The topological polar surface area (TPSA) is 56.8 Å². The average molecular weight is 251 g/mol. The van der Waals surface area contributed by atoms with E-state index in [2.05, 4.69) is 5.32 Å². The number of fused-ring (bicyclic) bond motifs is 1. The number of esters is 1. The molecule has 1 aliphatic heterocycles. The molecular weight excluding hydrogens is 234 g/mol. The Hall–Kier alpha value is -1.59. The Balaban J connectivity index is 2.24. The Morgan fingerprint density at radius 2 is 2.33 bits per heavy atom. The van der Waals surface area contributed by atoms with Crippen molar-refractivity contribution in [2.24, 2.45) is 0 Å². The number of carbonyl (C=O) groups excluding carboxylic acids is 1. The van der Waals surface area contributed by atoms with Gasteiger partial charge in [-0.15, -0.1) is 0 Å². The second kappa shape index (κ2) is 5.84. The van der Waals surface area contributed by atoms with Gasteiger partial charge in [0, 0.05) is 25.8 Å². The van der Waals surface area contributed by atoms with E-state index < -0.39 is 0 Å². The standard InChI is InChI=1S/C13H17NO4/c1-16-8-11-7-14-6-10-4-3-9(13(15)17-2)5-12(10)18-11/h3-5,11,14H,6-8H2,1-2H3. The summed E-state index contributed by atoms with van der Waals surface area (Å²) in [6.45, 7) is 1.95. The van der Waals surface area contributed by atoms with E-state index in [-0.39, 0.29) is 12.1 Å². The molecule has 0 spiro atoms. The van der Waals surface area contributed by atoms with Crippen LogP contribution in [0.3, 0.4) is 0 Å². The molecule has 0 bridgehead atoms. The second-order valence-corrected chi connectivity index (χ2v) is 4.14. The van der Waals surface area contributed by atoms with Gasteiger partial charge in [-0.3, -0.25) is 0 Å². The molecule has 0 saturated carbocycles. The summed E-state index contributed by atoms with van der Waals surface area (Å²) in [4.78, 5) is 11.5. The molecule has 0 amide bonds. The van der Waals surface area contributed by atoms with E-state index in [0.717, 1.165) is 18.7 Å². The highest BCUT2D eigenvalue weighted by molar-refractivity contribution is 5.89. The van der Waals surface area contributed by atoms with E-state index in [9.17, 15) is 4.79 Å². The molecular formula is C13H17NO4. The molecule has 18 heavy (non-hydrogen) atoms. The number of carbonyl (C=O) groups is 1. The van der Waals surface area contributed by atoms with Gasteiger partial charge in [-0.25, -0.2) is 4.79 Å². The van der Waals surface area contributed by atoms with Gasteiger partial charge in [0.15, 0.2) is 0 Å². The van der Waals surface area contributed by atoms with E-state index in [1.54, 1.807) is 19.2 Å². The quantitative estimate of drug-likeness (QED) is 0.811. The molecule has 1 heterocycles. The lowest BCUT2D eigenvalue weighted by molar-refractivity contribution is 0.0598. The third kappa shape index (κ3) is 2.80. The minimum atomic E-state index is -0.359. The number of ether oxygens (including phenoxy) is 3. The van der Waals surface area contributed by atoms with Gasteiger partial charge < -0.3 is 19.5 Å². The Morgan fingerprint density at radius 3 is 3.06 bits per heavy atom. The van der Waals surface area contributed by atoms with Crippen LogP contribution in [0.5, 0.6) is 5.75 Å². The van der Waals surface area contributed by atoms with Gasteiger partial charge in [0.05, 0.1) is 19.3 Å². The SMILES string of the molecule is COCC1CNCc2ccc(C(=O)OC)cc2O1. The highest BCUT2D eigenvalue weighted by atomic mass is 16.5. The fraction of sp³-hybridized carbons (Fsp3) is 0.462. The zero-order chi connectivity index (χ0) is 13.0. The van der Waals surface area contributed by atoms with Crippen LogP contribution in [0.15, 0.2) is 18.2 Å². The highest BCUT2D eigenvalue weighted by Crippen LogP contribution is 2.24. The van der Waals surface area contributed by atoms with E-state index in [4.69, 9.17) is 14.2 Å². The van der Waals surface area contributed by atoms with Crippen LogP contribution >= 0.6 is 0 Å². The van der Waals surface area contributed by atoms with Crippen molar-refractivity contribution in [1.82, 2.24) is 5.32 Å². The van der Waals surface area contributed by atoms with Crippen molar-refractivity contribution in [3.63, 3.8) is 0 Å². The molecule has 0 radical (unpaired) electrons. The molecule has 1 N–H and O–H groups in total. The number of hydrogen-bond acceptors (Lipinski definition) is 5. The normalized spacial score (nSPS) is 18.4. The zero-order valence-corrected chi connectivity index (χ0v) is 10.6. The van der Waals surface area contributed by atoms with Crippen molar-refractivity contribution in [2.45, 2.75) is 12.6 Å². The van der Waals surface area contributed by atoms with E-state index in [0.29, 0.717) is 17.9 Å². The molecule has 1 aromatic carbocycles. The van der Waals surface area contributed by atoms with E-state index >= 15 is 0 Å². The molecule has 1 unspecified atom stereocenters. The summed E-state index contributed by atoms with van der Waals surface area (Å²) in [7, 11) is 3.00. The number of nitrogens with one attached hydrogen (secondary N) is 1. The summed E-state index contributed by atoms with van der Waals surface area (Å²) in [6, 6.07) is 5.34. The van der Waals surface area contributed by atoms with Gasteiger partial charge in [0.1, 0.15) is 11.9 Å². The van der Waals surface area contributed by atoms with Crippen molar-refractivity contribution < 1.29 is 19.0 Å². The minimum absolute atomic E-state index is 0.0517. The number of methoxy groups -OCH3 is 2. The molecule has 0 aliphatic carbocycles. The van der Waals surface area contributed by atoms with Gasteiger partial charge in [-0.05, 0) is 12.1 Å². The Bertz CT molecular complexity index is 433. The highest BCUT2D eigenvalue weighted by Gasteiger charge is 2.18. The Kier molecular flexibility index (Phi) is 4.17. The lowest BCUT2D eigenvalue weighted by Gasteiger charge is -2.16. The van der Waals surface area contributed by atoms with Crippen LogP contribution in [0.4, 0.5) is 0 Å². The second-order valence-electron chi connectivity index (χ2n) is 4.14. The molecule has 0 fully saturated rings. The van der Waals surface area contributed by atoms with Crippen LogP contribution in [-0.2, 0) is 16.0 Å². The number of benzene rings is 1. The lowest BCUT2D eigenvalue weighted by atomic mass is 10.1. The molecule has 2 rings (SSSR count). The summed E-state index contributed by atoms with van der Waals surface area (Å²) in [5, 5.41) is 3.28. The Morgan fingerprint density at radius 1 is 1.50 bits per heavy atom. The molecule has 98 valence electrons. The molecule has 1 aliphatic rings. The first-order valence-corrected chi connectivity index (χ1v) is 5.82. The van der Waals surface area contributed by atoms with Crippen molar-refractivity contribution in [2.75, 3.05) is 27.4 Å². The first-order chi connectivity index (χ1) is 8.74. The lowest BCUT2D eigenvalue weighted by Crippen LogP contribution is -2.32. The fourth-order valence-electron chi connectivity index (χ4n) is 1.92. The summed E-state index contributed by atoms with van der Waals surface area (Å²) >= 11 is 0. The smallest absolute Gasteiger partial charge is 0.337 e. The van der Waals surface area contributed by atoms with Gasteiger partial charge in [0.25, 0.3) is 0 Å². The number of rotatable bonds is 3. The van der Waals surface area contributed by atoms with Crippen LogP contribution < -0.4 is 10.1 Å². The first kappa shape index (κ1) is 12.9. The summed E-state index contributed by atoms with van der Waals surface area (Å²) < 4.78 is 15.6. The van der Waals surface area contributed by atoms with Crippen molar-refractivity contribution in [3.8, 4) is 5.75 Å². The summed E-state index contributed by atoms with van der Waals surface area (Å²) in [5.41, 5.74) is 1.52. The predicted octanol–water partition coefficient (Wildman–Crippen LogP) is 0.970. The maximum absolute atomic E-state index is 11.5. The molecule has 0 saturated heterocycles. The maximum atomic E-state index is 11.5. The van der Waals surface area contributed by atoms with Gasteiger partial charge in [-0.2, -0.15) is 0 Å². The van der Waals surface area contributed by atoms with Crippen LogP contribution in [-0.4, -0.2) is 39.4 Å². The van der Waals surface area contributed by atoms with Crippen molar-refractivity contribution in [1.29, 1.82) is 0 Å². The molecule has 5 nitrogen and oxygen atoms in total. The zero-order valence-electron chi connectivity index (χ0n) is 10.6. The monoisotopic (exact) mass is 251 g/mol. The van der Waals surface area contributed by atoms with Crippen LogP contribution in [0.25, 0.3) is 0 Å². The van der Waals surface area contributed by atoms with Gasteiger partial charge in [0.2, 0.25) is 0 Å². The third-order valence-electron chi connectivity index (χ3n) is 2.82. The summed E-state index contributed by atoms with van der Waals surface area (Å²) in [6.07, 6.45) is -0.0517. The van der Waals surface area contributed by atoms with Gasteiger partial charge in [-0.1, -0.05) is 6.07 Å². The molecule has 1 atom stereocenters. The van der Waals surface area contributed by atoms with Gasteiger partial charge >= 0.3 is 5.97 Å². The predicted molar refractivity (Wildman–Crippen MR) is 65.8 cm³/mol. The Labute approximate surface area is 106 Å². The van der Waals surface area contributed by atoms with Crippen molar-refractivity contribution >= 4 is 5.97 Å². The minimum Gasteiger partial charge on any atom is -0.486 e. The first-order valence-electron chi connectivity index (χ1n) is 5.82. The van der Waals surface area contributed by atoms with E-state index in [1.165, 1.54) is 7.11 Å². The van der Waals surface area contributed by atoms with Crippen LogP contribution in [0.1, 0.15) is 15.9 Å². The fourth-order valence-corrected chi connectivity index (χ4v) is 1.92. The van der Waals surface area contributed by atoms with Crippen LogP contribution in [0.2, 0.25) is 0 Å². The maximum Gasteiger partial charge on any atom is 0.337 e. The number of hydrogen-bond donors (Lipinski definition) is 1. The van der Waals surface area contributed by atoms with Crippen molar-refractivity contribution in [3.05, 3.63) is 29.3 Å².